The van der Waals surface area contributed by atoms with Gasteiger partial charge >= 0.3 is 6.09 Å². The van der Waals surface area contributed by atoms with E-state index in [2.05, 4.69) is 29.3 Å². The number of anilines is 2. The van der Waals surface area contributed by atoms with Gasteiger partial charge in [-0.05, 0) is 48.6 Å². The molecule has 1 fully saturated rings. The fourth-order valence-electron chi connectivity index (χ4n) is 4.52. The lowest BCUT2D eigenvalue weighted by Gasteiger charge is -2.31. The number of ether oxygens (including phenoxy) is 1. The van der Waals surface area contributed by atoms with Crippen LogP contribution in [0.15, 0.2) is 78.9 Å². The number of amides is 2. The second-order valence-electron chi connectivity index (χ2n) is 9.21. The first-order valence-electron chi connectivity index (χ1n) is 12.7. The summed E-state index contributed by atoms with van der Waals surface area (Å²) in [6, 6.07) is 25.9. The molecular weight excluding hydrogens is 450 g/mol. The zero-order chi connectivity index (χ0) is 25.3. The largest absolute Gasteiger partial charge is 0.446 e. The molecule has 0 aromatic heterocycles. The Balaban J connectivity index is 1.21. The molecule has 6 heteroatoms. The molecule has 0 aliphatic carbocycles. The van der Waals surface area contributed by atoms with Crippen molar-refractivity contribution in [3.8, 4) is 11.1 Å². The number of rotatable bonds is 8. The third kappa shape index (κ3) is 6.73. The van der Waals surface area contributed by atoms with Gasteiger partial charge in [0.25, 0.3) is 0 Å². The first kappa shape index (κ1) is 25.5. The standard InChI is InChI=1S/C30H35N3O3/c1-3-23-13-15-25(16-14-23)32(2)29(34)19-22-33-20-17-26(18-21-33)36-30(35)31-28-12-8-7-11-27(28)24-9-5-4-6-10-24/h4-16,26H,3,17-22H2,1-2H3,(H,31,35). The summed E-state index contributed by atoms with van der Waals surface area (Å²) in [5, 5.41) is 2.92. The molecule has 3 aromatic carbocycles. The molecule has 1 N–H and O–H groups in total. The predicted molar refractivity (Wildman–Crippen MR) is 145 cm³/mol. The zero-order valence-electron chi connectivity index (χ0n) is 21.2. The number of nitrogens with zero attached hydrogens (tertiary/aromatic N) is 2. The summed E-state index contributed by atoms with van der Waals surface area (Å²) in [6.07, 6.45) is 2.42. The third-order valence-corrected chi connectivity index (χ3v) is 6.80. The quantitative estimate of drug-likeness (QED) is 0.426. The summed E-state index contributed by atoms with van der Waals surface area (Å²) in [7, 11) is 1.83. The van der Waals surface area contributed by atoms with Crippen molar-refractivity contribution in [2.24, 2.45) is 0 Å². The van der Waals surface area contributed by atoms with Crippen LogP contribution in [0.1, 0.15) is 31.7 Å². The van der Waals surface area contributed by atoms with E-state index in [1.54, 1.807) is 4.90 Å². The van der Waals surface area contributed by atoms with Crippen molar-refractivity contribution in [2.75, 3.05) is 36.9 Å². The number of aryl methyl sites for hydroxylation is 1. The van der Waals surface area contributed by atoms with Gasteiger partial charge in [-0.25, -0.2) is 4.79 Å². The molecule has 3 aromatic rings. The summed E-state index contributed by atoms with van der Waals surface area (Å²) in [6.45, 7) is 4.44. The van der Waals surface area contributed by atoms with Gasteiger partial charge in [0, 0.05) is 44.4 Å². The zero-order valence-corrected chi connectivity index (χ0v) is 21.2. The summed E-state index contributed by atoms with van der Waals surface area (Å²) in [5.41, 5.74) is 4.92. The minimum absolute atomic E-state index is 0.106. The summed E-state index contributed by atoms with van der Waals surface area (Å²) >= 11 is 0. The highest BCUT2D eigenvalue weighted by atomic mass is 16.6. The minimum atomic E-state index is -0.428. The van der Waals surface area contributed by atoms with Gasteiger partial charge < -0.3 is 14.5 Å². The maximum atomic E-state index is 12.7. The SMILES string of the molecule is CCc1ccc(N(C)C(=O)CCN2CCC(OC(=O)Nc3ccccc3-c3ccccc3)CC2)cc1. The van der Waals surface area contributed by atoms with Gasteiger partial charge in [-0.3, -0.25) is 10.1 Å². The van der Waals surface area contributed by atoms with Crippen LogP contribution in [0.25, 0.3) is 11.1 Å². The maximum Gasteiger partial charge on any atom is 0.411 e. The van der Waals surface area contributed by atoms with Crippen LogP contribution in [0.2, 0.25) is 0 Å². The molecule has 0 saturated carbocycles. The van der Waals surface area contributed by atoms with Gasteiger partial charge in [-0.2, -0.15) is 0 Å². The molecule has 0 radical (unpaired) electrons. The molecule has 1 aliphatic rings. The molecule has 4 rings (SSSR count). The smallest absolute Gasteiger partial charge is 0.411 e. The predicted octanol–water partition coefficient (Wildman–Crippen LogP) is 5.98. The molecule has 188 valence electrons. The fraction of sp³-hybridized carbons (Fsp3) is 0.333. The first-order valence-corrected chi connectivity index (χ1v) is 12.7. The Morgan fingerprint density at radius 1 is 0.944 bits per heavy atom. The van der Waals surface area contributed by atoms with Crippen LogP contribution in [0, 0.1) is 0 Å². The molecule has 2 amide bonds. The molecule has 6 nitrogen and oxygen atoms in total. The highest BCUT2D eigenvalue weighted by Gasteiger charge is 2.23. The second kappa shape index (κ2) is 12.4. The van der Waals surface area contributed by atoms with Crippen molar-refractivity contribution in [1.82, 2.24) is 4.90 Å². The number of para-hydroxylation sites is 1. The topological polar surface area (TPSA) is 61.9 Å². The van der Waals surface area contributed by atoms with E-state index < -0.39 is 6.09 Å². The number of carbonyl (C=O) groups excluding carboxylic acids is 2. The lowest BCUT2D eigenvalue weighted by atomic mass is 10.0. The second-order valence-corrected chi connectivity index (χ2v) is 9.21. The normalized spacial score (nSPS) is 14.3. The molecule has 0 bridgehead atoms. The van der Waals surface area contributed by atoms with Crippen molar-refractivity contribution in [1.29, 1.82) is 0 Å². The van der Waals surface area contributed by atoms with E-state index in [1.165, 1.54) is 5.56 Å². The summed E-state index contributed by atoms with van der Waals surface area (Å²) in [4.78, 5) is 29.3. The van der Waals surface area contributed by atoms with Crippen molar-refractivity contribution in [2.45, 2.75) is 38.7 Å². The molecule has 0 spiro atoms. The van der Waals surface area contributed by atoms with Crippen LogP contribution in [-0.4, -0.2) is 49.7 Å². The number of nitrogens with one attached hydrogen (secondary N) is 1. The monoisotopic (exact) mass is 485 g/mol. The van der Waals surface area contributed by atoms with Gasteiger partial charge in [0.1, 0.15) is 6.10 Å². The van der Waals surface area contributed by atoms with Crippen molar-refractivity contribution in [3.05, 3.63) is 84.4 Å². The Morgan fingerprint density at radius 2 is 1.61 bits per heavy atom. The number of hydrogen-bond acceptors (Lipinski definition) is 4. The van der Waals surface area contributed by atoms with Gasteiger partial charge in [0.2, 0.25) is 5.91 Å². The van der Waals surface area contributed by atoms with E-state index in [9.17, 15) is 9.59 Å². The highest BCUT2D eigenvalue weighted by molar-refractivity contribution is 5.93. The minimum Gasteiger partial charge on any atom is -0.446 e. The lowest BCUT2D eigenvalue weighted by molar-refractivity contribution is -0.118. The average molecular weight is 486 g/mol. The van der Waals surface area contributed by atoms with Crippen LogP contribution in [0.3, 0.4) is 0 Å². The van der Waals surface area contributed by atoms with Crippen LogP contribution in [-0.2, 0) is 16.0 Å². The van der Waals surface area contributed by atoms with E-state index in [0.717, 1.165) is 54.9 Å². The van der Waals surface area contributed by atoms with Crippen LogP contribution in [0.5, 0.6) is 0 Å². The molecule has 0 unspecified atom stereocenters. The van der Waals surface area contributed by atoms with Gasteiger partial charge in [-0.1, -0.05) is 67.6 Å². The van der Waals surface area contributed by atoms with Crippen molar-refractivity contribution >= 4 is 23.4 Å². The molecule has 36 heavy (non-hydrogen) atoms. The number of piperidine rings is 1. The van der Waals surface area contributed by atoms with Crippen LogP contribution >= 0.6 is 0 Å². The summed E-state index contributed by atoms with van der Waals surface area (Å²) < 4.78 is 5.72. The Labute approximate surface area is 213 Å². The number of hydrogen-bond donors (Lipinski definition) is 1. The Kier molecular flexibility index (Phi) is 8.74. The van der Waals surface area contributed by atoms with Gasteiger partial charge in [0.05, 0.1) is 5.69 Å². The van der Waals surface area contributed by atoms with Crippen LogP contribution in [0.4, 0.5) is 16.2 Å². The lowest BCUT2D eigenvalue weighted by Crippen LogP contribution is -2.40. The molecular formula is C30H35N3O3. The molecule has 1 saturated heterocycles. The molecule has 1 heterocycles. The molecule has 1 aliphatic heterocycles. The molecule has 0 atom stereocenters. The average Bonchev–Trinajstić information content (AvgIpc) is 2.93. The van der Waals surface area contributed by atoms with Crippen molar-refractivity contribution < 1.29 is 14.3 Å². The van der Waals surface area contributed by atoms with E-state index in [4.69, 9.17) is 4.74 Å². The Hall–Kier alpha value is -3.64. The van der Waals surface area contributed by atoms with Gasteiger partial charge in [-0.15, -0.1) is 0 Å². The Bertz CT molecular complexity index is 1140. The summed E-state index contributed by atoms with van der Waals surface area (Å²) in [5.74, 6) is 0.106. The maximum absolute atomic E-state index is 12.7. The first-order chi connectivity index (χ1) is 17.5. The number of benzene rings is 3. The van der Waals surface area contributed by atoms with E-state index in [0.29, 0.717) is 13.0 Å². The Morgan fingerprint density at radius 3 is 2.31 bits per heavy atom. The number of carbonyl (C=O) groups is 2. The van der Waals surface area contributed by atoms with Crippen molar-refractivity contribution in [3.63, 3.8) is 0 Å². The van der Waals surface area contributed by atoms with E-state index in [-0.39, 0.29) is 12.0 Å². The van der Waals surface area contributed by atoms with E-state index in [1.807, 2.05) is 73.8 Å². The number of likely N-dealkylation sites (tertiary alicyclic amines) is 1. The van der Waals surface area contributed by atoms with Gasteiger partial charge in [0.15, 0.2) is 0 Å². The third-order valence-electron chi connectivity index (χ3n) is 6.80. The fourth-order valence-corrected chi connectivity index (χ4v) is 4.52. The highest BCUT2D eigenvalue weighted by Crippen LogP contribution is 2.28. The van der Waals surface area contributed by atoms with Crippen LogP contribution < -0.4 is 10.2 Å². The van der Waals surface area contributed by atoms with E-state index >= 15 is 0 Å².